The van der Waals surface area contributed by atoms with Gasteiger partial charge in [-0.05, 0) is 30.3 Å². The molecule has 3 aromatic rings. The van der Waals surface area contributed by atoms with Crippen molar-refractivity contribution in [3.63, 3.8) is 0 Å². The molecule has 3 rings (SSSR count). The maximum atomic E-state index is 12.5. The fourth-order valence-electron chi connectivity index (χ4n) is 2.49. The molecule has 1 amide bonds. The van der Waals surface area contributed by atoms with Crippen LogP contribution in [0.3, 0.4) is 0 Å². The second-order valence-corrected chi connectivity index (χ2v) is 6.49. The first kappa shape index (κ1) is 19.0. The number of aromatic nitrogens is 2. The van der Waals surface area contributed by atoms with Crippen molar-refractivity contribution >= 4 is 38.4 Å². The van der Waals surface area contributed by atoms with Gasteiger partial charge in [-0.15, -0.1) is 0 Å². The monoisotopic (exact) mass is 437 g/mol. The van der Waals surface area contributed by atoms with Gasteiger partial charge in [0.1, 0.15) is 5.75 Å². The minimum atomic E-state index is -3.00. The van der Waals surface area contributed by atoms with Gasteiger partial charge in [0, 0.05) is 17.4 Å². The molecule has 0 saturated heterocycles. The number of alkyl halides is 2. The van der Waals surface area contributed by atoms with Crippen LogP contribution in [0.15, 0.2) is 58.1 Å². The third-order valence-electron chi connectivity index (χ3n) is 3.74. The van der Waals surface area contributed by atoms with Crippen molar-refractivity contribution in [3.05, 3.63) is 63.6 Å². The Kier molecular flexibility index (Phi) is 5.80. The van der Waals surface area contributed by atoms with E-state index in [2.05, 4.69) is 31.0 Å². The van der Waals surface area contributed by atoms with Crippen molar-refractivity contribution < 1.29 is 18.3 Å². The maximum absolute atomic E-state index is 12.5. The number of rotatable bonds is 6. The number of anilines is 1. The zero-order chi connectivity index (χ0) is 19.4. The third-order valence-corrected chi connectivity index (χ3v) is 4.24. The van der Waals surface area contributed by atoms with E-state index in [0.29, 0.717) is 10.9 Å². The highest BCUT2D eigenvalue weighted by Gasteiger charge is 2.12. The Morgan fingerprint density at radius 3 is 2.81 bits per heavy atom. The molecular formula is C18H14BrF2N3O3. The van der Waals surface area contributed by atoms with E-state index in [-0.39, 0.29) is 30.0 Å². The van der Waals surface area contributed by atoms with E-state index in [1.54, 1.807) is 24.3 Å². The fraction of sp³-hybridized carbons (Fsp3) is 0.167. The summed E-state index contributed by atoms with van der Waals surface area (Å²) in [4.78, 5) is 28.8. The number of hydrogen-bond acceptors (Lipinski definition) is 4. The van der Waals surface area contributed by atoms with Gasteiger partial charge >= 0.3 is 6.61 Å². The van der Waals surface area contributed by atoms with Crippen LogP contribution < -0.4 is 15.6 Å². The zero-order valence-electron chi connectivity index (χ0n) is 13.9. The molecule has 0 aliphatic rings. The van der Waals surface area contributed by atoms with Gasteiger partial charge in [0.2, 0.25) is 5.91 Å². The van der Waals surface area contributed by atoms with Gasteiger partial charge in [-0.1, -0.05) is 28.1 Å². The molecule has 6 nitrogen and oxygen atoms in total. The average molecular weight is 438 g/mol. The van der Waals surface area contributed by atoms with Crippen LogP contribution in [-0.4, -0.2) is 22.1 Å². The van der Waals surface area contributed by atoms with E-state index >= 15 is 0 Å². The van der Waals surface area contributed by atoms with Gasteiger partial charge in [-0.25, -0.2) is 4.98 Å². The minimum absolute atomic E-state index is 0.0376. The van der Waals surface area contributed by atoms with Gasteiger partial charge in [0.15, 0.2) is 0 Å². The quantitative estimate of drug-likeness (QED) is 0.636. The highest BCUT2D eigenvalue weighted by Crippen LogP contribution is 2.25. The lowest BCUT2D eigenvalue weighted by Crippen LogP contribution is -2.23. The molecule has 1 N–H and O–H groups in total. The Hall–Kier alpha value is -2.81. The van der Waals surface area contributed by atoms with Crippen LogP contribution in [0.4, 0.5) is 14.5 Å². The van der Waals surface area contributed by atoms with E-state index in [0.717, 1.165) is 4.47 Å². The number of fused-ring (bicyclic) bond motifs is 1. The van der Waals surface area contributed by atoms with Crippen LogP contribution in [-0.2, 0) is 11.3 Å². The number of nitrogens with one attached hydrogen (secondary N) is 1. The Balaban J connectivity index is 1.71. The molecule has 140 valence electrons. The molecule has 0 unspecified atom stereocenters. The number of nitrogens with zero attached hydrogens (tertiary/aromatic N) is 2. The Morgan fingerprint density at radius 2 is 2.04 bits per heavy atom. The SMILES string of the molecule is O=C(CCn1cnc2ccc(Br)cc2c1=O)Nc1ccccc1OC(F)F. The van der Waals surface area contributed by atoms with Crippen molar-refractivity contribution in [1.29, 1.82) is 0 Å². The molecule has 0 fully saturated rings. The topological polar surface area (TPSA) is 73.2 Å². The second-order valence-electron chi connectivity index (χ2n) is 5.58. The zero-order valence-corrected chi connectivity index (χ0v) is 15.4. The Bertz CT molecular complexity index is 1040. The molecule has 0 bridgehead atoms. The summed E-state index contributed by atoms with van der Waals surface area (Å²) in [5, 5.41) is 2.94. The number of carbonyl (C=O) groups is 1. The average Bonchev–Trinajstić information content (AvgIpc) is 2.63. The minimum Gasteiger partial charge on any atom is -0.433 e. The van der Waals surface area contributed by atoms with Crippen molar-refractivity contribution in [2.75, 3.05) is 5.32 Å². The lowest BCUT2D eigenvalue weighted by atomic mass is 10.2. The van der Waals surface area contributed by atoms with E-state index in [1.165, 1.54) is 29.1 Å². The van der Waals surface area contributed by atoms with Gasteiger partial charge in [0.05, 0.1) is 22.9 Å². The van der Waals surface area contributed by atoms with E-state index in [1.807, 2.05) is 0 Å². The molecule has 0 atom stereocenters. The molecule has 0 saturated carbocycles. The van der Waals surface area contributed by atoms with Crippen LogP contribution >= 0.6 is 15.9 Å². The highest BCUT2D eigenvalue weighted by molar-refractivity contribution is 9.10. The lowest BCUT2D eigenvalue weighted by molar-refractivity contribution is -0.116. The number of para-hydroxylation sites is 2. The lowest BCUT2D eigenvalue weighted by Gasteiger charge is -2.12. The second kappa shape index (κ2) is 8.26. The number of benzene rings is 2. The summed E-state index contributed by atoms with van der Waals surface area (Å²) in [6.07, 6.45) is 1.34. The number of amides is 1. The normalized spacial score (nSPS) is 11.0. The van der Waals surface area contributed by atoms with Gasteiger partial charge in [-0.3, -0.25) is 14.2 Å². The first-order valence-electron chi connectivity index (χ1n) is 7.92. The predicted octanol–water partition coefficient (Wildman–Crippen LogP) is 3.79. The highest BCUT2D eigenvalue weighted by atomic mass is 79.9. The van der Waals surface area contributed by atoms with E-state index in [9.17, 15) is 18.4 Å². The van der Waals surface area contributed by atoms with Crippen LogP contribution in [0, 0.1) is 0 Å². The molecule has 9 heteroatoms. The largest absolute Gasteiger partial charge is 0.433 e. The molecule has 0 aliphatic carbocycles. The number of ether oxygens (including phenoxy) is 1. The Labute approximate surface area is 160 Å². The smallest absolute Gasteiger partial charge is 0.387 e. The third kappa shape index (κ3) is 4.68. The van der Waals surface area contributed by atoms with Gasteiger partial charge in [0.25, 0.3) is 5.56 Å². The predicted molar refractivity (Wildman–Crippen MR) is 100 cm³/mol. The van der Waals surface area contributed by atoms with Gasteiger partial charge in [-0.2, -0.15) is 8.78 Å². The van der Waals surface area contributed by atoms with Crippen LogP contribution in [0.25, 0.3) is 10.9 Å². The summed E-state index contributed by atoms with van der Waals surface area (Å²) < 4.78 is 31.3. The van der Waals surface area contributed by atoms with Crippen LogP contribution in [0.1, 0.15) is 6.42 Å². The van der Waals surface area contributed by atoms with Crippen LogP contribution in [0.2, 0.25) is 0 Å². The molecule has 0 radical (unpaired) electrons. The summed E-state index contributed by atoms with van der Waals surface area (Å²) in [6, 6.07) is 11.1. The molecule has 1 aromatic heterocycles. The van der Waals surface area contributed by atoms with Crippen molar-refractivity contribution in [2.45, 2.75) is 19.6 Å². The standard InChI is InChI=1S/C18H14BrF2N3O3/c19-11-5-6-13-12(9-11)17(26)24(10-22-13)8-7-16(25)23-14-3-1-2-4-15(14)27-18(20)21/h1-6,9-10,18H,7-8H2,(H,23,25). The van der Waals surface area contributed by atoms with Crippen molar-refractivity contribution in [2.24, 2.45) is 0 Å². The molecular weight excluding hydrogens is 424 g/mol. The number of aryl methyl sites for hydroxylation is 1. The summed E-state index contributed by atoms with van der Waals surface area (Å²) in [7, 11) is 0. The molecule has 27 heavy (non-hydrogen) atoms. The molecule has 1 heterocycles. The summed E-state index contributed by atoms with van der Waals surface area (Å²) >= 11 is 3.31. The first-order valence-corrected chi connectivity index (χ1v) is 8.72. The Morgan fingerprint density at radius 1 is 1.26 bits per heavy atom. The van der Waals surface area contributed by atoms with Crippen molar-refractivity contribution in [1.82, 2.24) is 9.55 Å². The molecule has 2 aromatic carbocycles. The van der Waals surface area contributed by atoms with Crippen LogP contribution in [0.5, 0.6) is 5.75 Å². The first-order chi connectivity index (χ1) is 12.9. The van der Waals surface area contributed by atoms with Gasteiger partial charge < -0.3 is 10.1 Å². The number of carbonyl (C=O) groups excluding carboxylic acids is 1. The summed E-state index contributed by atoms with van der Waals surface area (Å²) in [6.45, 7) is -2.90. The van der Waals surface area contributed by atoms with E-state index < -0.39 is 12.5 Å². The number of hydrogen-bond donors (Lipinski definition) is 1. The molecule has 0 spiro atoms. The summed E-state index contributed by atoms with van der Waals surface area (Å²) in [5.74, 6) is -0.572. The summed E-state index contributed by atoms with van der Waals surface area (Å²) in [5.41, 5.74) is 0.424. The van der Waals surface area contributed by atoms with Crippen molar-refractivity contribution in [3.8, 4) is 5.75 Å². The fourth-order valence-corrected chi connectivity index (χ4v) is 2.85. The molecule has 0 aliphatic heterocycles. The maximum Gasteiger partial charge on any atom is 0.387 e. The number of halogens is 3. The van der Waals surface area contributed by atoms with E-state index in [4.69, 9.17) is 0 Å².